The highest BCUT2D eigenvalue weighted by Crippen LogP contribution is 2.48. The van der Waals surface area contributed by atoms with Crippen molar-refractivity contribution in [2.75, 3.05) is 27.9 Å². The summed E-state index contributed by atoms with van der Waals surface area (Å²) >= 11 is 0. The minimum absolute atomic E-state index is 0.0678. The second-order valence-electron chi connectivity index (χ2n) is 11.8. The molecule has 3 fully saturated rings. The van der Waals surface area contributed by atoms with Crippen LogP contribution in [-0.4, -0.2) is 56.0 Å². The molecule has 3 atom stereocenters. The SMILES string of the molecule is COc1cc([C@@H](C(=O)N2CCCCC2(C(N)=O)[C@@H](C(N)=O)C2CCCCC2)C2CCCCC2)cc(OC)c1OC. The lowest BCUT2D eigenvalue weighted by Crippen LogP contribution is -2.69. The van der Waals surface area contributed by atoms with Crippen LogP contribution >= 0.6 is 0 Å². The van der Waals surface area contributed by atoms with Crippen molar-refractivity contribution >= 4 is 17.7 Å². The van der Waals surface area contributed by atoms with Crippen LogP contribution in [0.4, 0.5) is 0 Å². The summed E-state index contributed by atoms with van der Waals surface area (Å²) in [7, 11) is 4.67. The van der Waals surface area contributed by atoms with Gasteiger partial charge < -0.3 is 30.6 Å². The van der Waals surface area contributed by atoms with Crippen LogP contribution in [0.1, 0.15) is 95.0 Å². The normalized spacial score (nSPS) is 24.1. The Kier molecular flexibility index (Phi) is 9.85. The van der Waals surface area contributed by atoms with Crippen LogP contribution in [-0.2, 0) is 14.4 Å². The quantitative estimate of drug-likeness (QED) is 0.441. The Bertz CT molecular complexity index is 1040. The first-order chi connectivity index (χ1) is 19.3. The first-order valence-electron chi connectivity index (χ1n) is 15.0. The van der Waals surface area contributed by atoms with Crippen LogP contribution in [0.25, 0.3) is 0 Å². The molecule has 1 aliphatic heterocycles. The van der Waals surface area contributed by atoms with Crippen molar-refractivity contribution in [3.8, 4) is 17.2 Å². The maximum Gasteiger partial charge on any atom is 0.244 e. The third-order valence-electron chi connectivity index (χ3n) is 9.74. The minimum atomic E-state index is -1.43. The molecule has 0 spiro atoms. The Morgan fingerprint density at radius 1 is 0.800 bits per heavy atom. The van der Waals surface area contributed by atoms with Gasteiger partial charge in [-0.05, 0) is 74.5 Å². The molecule has 3 amide bonds. The van der Waals surface area contributed by atoms with Gasteiger partial charge in [0.2, 0.25) is 23.5 Å². The van der Waals surface area contributed by atoms with Crippen LogP contribution in [0.15, 0.2) is 12.1 Å². The topological polar surface area (TPSA) is 134 Å². The van der Waals surface area contributed by atoms with E-state index in [1.165, 1.54) is 0 Å². The molecule has 4 rings (SSSR count). The first kappa shape index (κ1) is 30.0. The summed E-state index contributed by atoms with van der Waals surface area (Å²) in [6, 6.07) is 3.70. The Balaban J connectivity index is 1.85. The lowest BCUT2D eigenvalue weighted by Gasteiger charge is -2.52. The molecule has 9 heteroatoms. The number of amides is 3. The van der Waals surface area contributed by atoms with Gasteiger partial charge in [0.25, 0.3) is 0 Å². The van der Waals surface area contributed by atoms with E-state index in [9.17, 15) is 14.4 Å². The number of piperidine rings is 1. The van der Waals surface area contributed by atoms with E-state index in [0.717, 1.165) is 76.2 Å². The molecule has 1 heterocycles. The monoisotopic (exact) mass is 557 g/mol. The average Bonchev–Trinajstić information content (AvgIpc) is 2.97. The molecule has 1 aromatic rings. The Labute approximate surface area is 238 Å². The molecule has 40 heavy (non-hydrogen) atoms. The lowest BCUT2D eigenvalue weighted by atomic mass is 9.65. The van der Waals surface area contributed by atoms with E-state index in [1.54, 1.807) is 26.2 Å². The number of carbonyl (C=O) groups excluding carboxylic acids is 3. The molecule has 1 saturated heterocycles. The third kappa shape index (κ3) is 5.61. The highest BCUT2D eigenvalue weighted by atomic mass is 16.5. The van der Waals surface area contributed by atoms with Gasteiger partial charge >= 0.3 is 0 Å². The Morgan fingerprint density at radius 2 is 1.35 bits per heavy atom. The van der Waals surface area contributed by atoms with Gasteiger partial charge in [0.1, 0.15) is 5.54 Å². The van der Waals surface area contributed by atoms with E-state index in [1.807, 2.05) is 12.1 Å². The smallest absolute Gasteiger partial charge is 0.244 e. The number of hydrogen-bond donors (Lipinski definition) is 2. The second-order valence-corrected chi connectivity index (χ2v) is 11.8. The molecule has 3 aliphatic rings. The molecule has 9 nitrogen and oxygen atoms in total. The van der Waals surface area contributed by atoms with Crippen LogP contribution in [0.2, 0.25) is 0 Å². The Hall–Kier alpha value is -2.97. The van der Waals surface area contributed by atoms with Gasteiger partial charge in [0, 0.05) is 6.54 Å². The van der Waals surface area contributed by atoms with Crippen molar-refractivity contribution in [3.63, 3.8) is 0 Å². The predicted octanol–water partition coefficient (Wildman–Crippen LogP) is 4.29. The molecular formula is C31H47N3O6. The highest BCUT2D eigenvalue weighted by Gasteiger charge is 2.57. The van der Waals surface area contributed by atoms with E-state index in [4.69, 9.17) is 25.7 Å². The largest absolute Gasteiger partial charge is 0.493 e. The zero-order valence-electron chi connectivity index (χ0n) is 24.4. The molecular weight excluding hydrogens is 510 g/mol. The molecule has 2 aliphatic carbocycles. The number of carbonyl (C=O) groups is 3. The van der Waals surface area contributed by atoms with Gasteiger partial charge in [-0.3, -0.25) is 14.4 Å². The second kappa shape index (κ2) is 13.1. The number of nitrogens with zero attached hydrogens (tertiary/aromatic N) is 1. The number of likely N-dealkylation sites (tertiary alicyclic amines) is 1. The van der Waals surface area contributed by atoms with Crippen molar-refractivity contribution in [2.45, 2.75) is 94.9 Å². The third-order valence-corrected chi connectivity index (χ3v) is 9.74. The summed E-state index contributed by atoms with van der Waals surface area (Å²) in [6.45, 7) is 0.367. The fourth-order valence-electron chi connectivity index (χ4n) is 7.90. The maximum absolute atomic E-state index is 14.9. The minimum Gasteiger partial charge on any atom is -0.493 e. The molecule has 1 aromatic carbocycles. The molecule has 1 unspecified atom stereocenters. The number of nitrogens with two attached hydrogens (primary N) is 2. The number of hydrogen-bond acceptors (Lipinski definition) is 6. The fraction of sp³-hybridized carbons (Fsp3) is 0.710. The lowest BCUT2D eigenvalue weighted by molar-refractivity contribution is -0.162. The number of primary amides is 2. The van der Waals surface area contributed by atoms with Crippen molar-refractivity contribution in [3.05, 3.63) is 17.7 Å². The van der Waals surface area contributed by atoms with Crippen LogP contribution < -0.4 is 25.7 Å². The summed E-state index contributed by atoms with van der Waals surface area (Å²) in [5, 5.41) is 0. The fourth-order valence-corrected chi connectivity index (χ4v) is 7.90. The van der Waals surface area contributed by atoms with Gasteiger partial charge in [0.05, 0.1) is 33.2 Å². The Morgan fingerprint density at radius 3 is 1.82 bits per heavy atom. The summed E-state index contributed by atoms with van der Waals surface area (Å²) in [5.74, 6) is -1.27. The number of ether oxygens (including phenoxy) is 3. The number of rotatable bonds is 10. The van der Waals surface area contributed by atoms with Crippen molar-refractivity contribution in [2.24, 2.45) is 29.2 Å². The van der Waals surface area contributed by atoms with E-state index >= 15 is 0 Å². The molecule has 0 radical (unpaired) electrons. The van der Waals surface area contributed by atoms with E-state index in [0.29, 0.717) is 36.6 Å². The van der Waals surface area contributed by atoms with Gasteiger partial charge in [-0.15, -0.1) is 0 Å². The van der Waals surface area contributed by atoms with E-state index in [2.05, 4.69) is 0 Å². The summed E-state index contributed by atoms with van der Waals surface area (Å²) < 4.78 is 16.8. The van der Waals surface area contributed by atoms with Gasteiger partial charge in [0.15, 0.2) is 11.5 Å². The van der Waals surface area contributed by atoms with Gasteiger partial charge in [-0.1, -0.05) is 38.5 Å². The molecule has 0 bridgehead atoms. The van der Waals surface area contributed by atoms with Crippen LogP contribution in [0, 0.1) is 17.8 Å². The number of methoxy groups -OCH3 is 3. The maximum atomic E-state index is 14.9. The van der Waals surface area contributed by atoms with Crippen molar-refractivity contribution < 1.29 is 28.6 Å². The van der Waals surface area contributed by atoms with Gasteiger partial charge in [-0.2, -0.15) is 0 Å². The predicted molar refractivity (Wildman–Crippen MR) is 152 cm³/mol. The highest BCUT2D eigenvalue weighted by molar-refractivity contribution is 5.98. The van der Waals surface area contributed by atoms with Gasteiger partial charge in [-0.25, -0.2) is 0 Å². The zero-order valence-corrected chi connectivity index (χ0v) is 24.4. The average molecular weight is 558 g/mol. The molecule has 222 valence electrons. The summed E-state index contributed by atoms with van der Waals surface area (Å²) in [4.78, 5) is 43.4. The van der Waals surface area contributed by atoms with Crippen LogP contribution in [0.3, 0.4) is 0 Å². The molecule has 4 N–H and O–H groups in total. The number of benzene rings is 1. The summed E-state index contributed by atoms with van der Waals surface area (Å²) in [6.07, 6.45) is 11.5. The summed E-state index contributed by atoms with van der Waals surface area (Å²) in [5.41, 5.74) is 11.6. The first-order valence-corrected chi connectivity index (χ1v) is 15.0. The standard InChI is InChI=1S/C31H47N3O6/c1-38-23-18-22(19-24(39-2)27(23)40-3)25(20-12-6-4-7-13-20)29(36)34-17-11-10-16-31(34,30(33)37)26(28(32)35)21-14-8-5-9-15-21/h18-21,25-26H,4-17H2,1-3H3,(H2,32,35)(H2,33,37)/t25-,26+,31?/m0/s1. The van der Waals surface area contributed by atoms with Crippen molar-refractivity contribution in [1.82, 2.24) is 4.90 Å². The molecule has 2 saturated carbocycles. The van der Waals surface area contributed by atoms with E-state index < -0.39 is 29.2 Å². The van der Waals surface area contributed by atoms with Crippen molar-refractivity contribution in [1.29, 1.82) is 0 Å². The molecule has 0 aromatic heterocycles. The van der Waals surface area contributed by atoms with E-state index in [-0.39, 0.29) is 17.7 Å². The van der Waals surface area contributed by atoms with Crippen LogP contribution in [0.5, 0.6) is 17.2 Å². The zero-order chi connectivity index (χ0) is 28.9.